The molecule has 51 heavy (non-hydrogen) atoms. The molecule has 0 saturated heterocycles. The van der Waals surface area contributed by atoms with E-state index in [1.165, 1.54) is 142 Å². The number of hydrogen-bond acceptors (Lipinski definition) is 1. The maximum atomic E-state index is 2.58. The molecule has 2 fully saturated rings. The second kappa shape index (κ2) is 13.2. The average molecular weight is 666 g/mol. The third-order valence-corrected chi connectivity index (χ3v) is 12.8. The van der Waals surface area contributed by atoms with Crippen LogP contribution in [-0.4, -0.2) is 0 Å². The molecule has 0 spiro atoms. The Kier molecular flexibility index (Phi) is 8.34. The van der Waals surface area contributed by atoms with Crippen LogP contribution in [0.3, 0.4) is 0 Å². The van der Waals surface area contributed by atoms with Gasteiger partial charge >= 0.3 is 0 Å². The summed E-state index contributed by atoms with van der Waals surface area (Å²) in [4.78, 5) is 2.58. The van der Waals surface area contributed by atoms with Gasteiger partial charge in [-0.05, 0) is 142 Å². The van der Waals surface area contributed by atoms with E-state index in [1.807, 2.05) is 0 Å². The lowest BCUT2D eigenvalue weighted by atomic mass is 9.81. The van der Waals surface area contributed by atoms with E-state index in [2.05, 4.69) is 147 Å². The minimum atomic E-state index is -0.0679. The van der Waals surface area contributed by atoms with Crippen LogP contribution in [0.2, 0.25) is 0 Å². The summed E-state index contributed by atoms with van der Waals surface area (Å²) in [5, 5.41) is 2.64. The van der Waals surface area contributed by atoms with Crippen LogP contribution in [-0.2, 0) is 5.41 Å². The number of hydrogen-bond donors (Lipinski definition) is 0. The largest absolute Gasteiger partial charge is 0.310 e. The molecular weight excluding hydrogens is 615 g/mol. The van der Waals surface area contributed by atoms with Gasteiger partial charge in [0, 0.05) is 16.8 Å². The van der Waals surface area contributed by atoms with Crippen molar-refractivity contribution in [3.05, 3.63) is 149 Å². The molecule has 0 aromatic heterocycles. The van der Waals surface area contributed by atoms with E-state index in [0.717, 1.165) is 5.92 Å². The van der Waals surface area contributed by atoms with E-state index in [4.69, 9.17) is 0 Å². The number of anilines is 3. The average Bonchev–Trinajstić information content (AvgIpc) is 3.42. The molecule has 3 aliphatic carbocycles. The van der Waals surface area contributed by atoms with Crippen LogP contribution in [0.4, 0.5) is 17.1 Å². The zero-order valence-electron chi connectivity index (χ0n) is 30.7. The molecule has 6 aromatic carbocycles. The van der Waals surface area contributed by atoms with Crippen molar-refractivity contribution in [2.45, 2.75) is 102 Å². The highest BCUT2D eigenvalue weighted by atomic mass is 15.1. The standard InChI is InChI=1S/C50H51N/c1-34-13-12-20-46-49(34)44-30-29-43(33-47(44)50(46,2)3)51(48-32-41-19-11-10-18-40(41)31-45(48)39-16-8-5-9-17-39)42-27-25-38(26-28-42)37-23-21-36(22-24-37)35-14-6-4-7-15-35/h10-13,18-33,35,39H,4-9,14-17H2,1-3H3. The van der Waals surface area contributed by atoms with Gasteiger partial charge in [-0.2, -0.15) is 0 Å². The molecule has 6 aromatic rings. The molecule has 0 aliphatic heterocycles. The second-order valence-corrected chi connectivity index (χ2v) is 16.3. The Morgan fingerprint density at radius 2 is 1.14 bits per heavy atom. The molecule has 0 bridgehead atoms. The van der Waals surface area contributed by atoms with Crippen molar-refractivity contribution in [2.75, 3.05) is 4.90 Å². The van der Waals surface area contributed by atoms with E-state index in [0.29, 0.717) is 5.92 Å². The summed E-state index contributed by atoms with van der Waals surface area (Å²) in [5.74, 6) is 1.30. The molecule has 0 atom stereocenters. The number of rotatable bonds is 6. The van der Waals surface area contributed by atoms with Gasteiger partial charge in [-0.3, -0.25) is 0 Å². The quantitative estimate of drug-likeness (QED) is 0.171. The van der Waals surface area contributed by atoms with E-state index in [-0.39, 0.29) is 5.41 Å². The van der Waals surface area contributed by atoms with E-state index in [9.17, 15) is 0 Å². The first-order valence-corrected chi connectivity index (χ1v) is 19.7. The Hall–Kier alpha value is -4.62. The van der Waals surface area contributed by atoms with Crippen LogP contribution in [0.15, 0.2) is 121 Å². The first kappa shape index (κ1) is 32.3. The molecule has 256 valence electrons. The summed E-state index contributed by atoms with van der Waals surface area (Å²) in [6.45, 7) is 7.08. The zero-order chi connectivity index (χ0) is 34.5. The van der Waals surface area contributed by atoms with Gasteiger partial charge in [-0.25, -0.2) is 0 Å². The molecule has 0 N–H and O–H groups in total. The van der Waals surface area contributed by atoms with Crippen LogP contribution in [0.5, 0.6) is 0 Å². The van der Waals surface area contributed by atoms with Gasteiger partial charge in [-0.1, -0.05) is 137 Å². The van der Waals surface area contributed by atoms with Crippen LogP contribution in [0.1, 0.15) is 118 Å². The Morgan fingerprint density at radius 3 is 1.82 bits per heavy atom. The fraction of sp³-hybridized carbons (Fsp3) is 0.320. The predicted molar refractivity (Wildman–Crippen MR) is 218 cm³/mol. The molecule has 9 rings (SSSR count). The Bertz CT molecular complexity index is 2190. The topological polar surface area (TPSA) is 3.24 Å². The van der Waals surface area contributed by atoms with Gasteiger partial charge in [0.05, 0.1) is 5.69 Å². The van der Waals surface area contributed by atoms with Crippen molar-refractivity contribution >= 4 is 27.8 Å². The Labute approximate surface area is 305 Å². The summed E-state index contributed by atoms with van der Waals surface area (Å²) >= 11 is 0. The molecule has 2 saturated carbocycles. The van der Waals surface area contributed by atoms with Crippen LogP contribution >= 0.6 is 0 Å². The second-order valence-electron chi connectivity index (χ2n) is 16.3. The van der Waals surface area contributed by atoms with Crippen molar-refractivity contribution in [3.63, 3.8) is 0 Å². The number of benzene rings is 6. The van der Waals surface area contributed by atoms with E-state index in [1.54, 1.807) is 0 Å². The minimum absolute atomic E-state index is 0.0679. The summed E-state index contributed by atoms with van der Waals surface area (Å²) in [7, 11) is 0. The van der Waals surface area contributed by atoms with Gasteiger partial charge in [0.2, 0.25) is 0 Å². The maximum Gasteiger partial charge on any atom is 0.0502 e. The summed E-state index contributed by atoms with van der Waals surface area (Å²) in [5.41, 5.74) is 16.3. The van der Waals surface area contributed by atoms with Crippen molar-refractivity contribution < 1.29 is 0 Å². The highest BCUT2D eigenvalue weighted by Crippen LogP contribution is 2.53. The molecule has 0 heterocycles. The predicted octanol–water partition coefficient (Wildman–Crippen LogP) is 14.7. The third kappa shape index (κ3) is 5.80. The van der Waals surface area contributed by atoms with Crippen molar-refractivity contribution in [1.29, 1.82) is 0 Å². The highest BCUT2D eigenvalue weighted by molar-refractivity contribution is 5.93. The fourth-order valence-corrected chi connectivity index (χ4v) is 9.89. The van der Waals surface area contributed by atoms with Gasteiger partial charge in [0.15, 0.2) is 0 Å². The van der Waals surface area contributed by atoms with Crippen molar-refractivity contribution in [1.82, 2.24) is 0 Å². The van der Waals surface area contributed by atoms with Crippen LogP contribution < -0.4 is 4.90 Å². The lowest BCUT2D eigenvalue weighted by Crippen LogP contribution is -2.18. The SMILES string of the molecule is Cc1cccc2c1-c1ccc(N(c3ccc(-c4ccc(C5CCCCC5)cc4)cc3)c3cc4ccccc4cc3C3CCCCC3)cc1C2(C)C. The lowest BCUT2D eigenvalue weighted by Gasteiger charge is -2.33. The number of fused-ring (bicyclic) bond motifs is 4. The fourth-order valence-electron chi connectivity index (χ4n) is 9.89. The molecule has 0 unspecified atom stereocenters. The normalized spacial score (nSPS) is 17.3. The first-order valence-electron chi connectivity index (χ1n) is 19.7. The molecule has 3 aliphatic rings. The van der Waals surface area contributed by atoms with E-state index < -0.39 is 0 Å². The van der Waals surface area contributed by atoms with Crippen LogP contribution in [0.25, 0.3) is 33.0 Å². The first-order chi connectivity index (χ1) is 25.0. The summed E-state index contributed by atoms with van der Waals surface area (Å²) in [6, 6.07) is 47.0. The number of aryl methyl sites for hydroxylation is 1. The Morgan fingerprint density at radius 1 is 0.529 bits per heavy atom. The molecule has 0 amide bonds. The van der Waals surface area contributed by atoms with Gasteiger partial charge in [-0.15, -0.1) is 0 Å². The molecule has 1 heteroatoms. The van der Waals surface area contributed by atoms with Gasteiger partial charge in [0.25, 0.3) is 0 Å². The zero-order valence-corrected chi connectivity index (χ0v) is 30.7. The number of nitrogens with zero attached hydrogens (tertiary/aromatic N) is 1. The lowest BCUT2D eigenvalue weighted by molar-refractivity contribution is 0.443. The molecule has 0 radical (unpaired) electrons. The highest BCUT2D eigenvalue weighted by Gasteiger charge is 2.37. The monoisotopic (exact) mass is 665 g/mol. The van der Waals surface area contributed by atoms with Crippen molar-refractivity contribution in [2.24, 2.45) is 0 Å². The summed E-state index contributed by atoms with van der Waals surface area (Å²) in [6.07, 6.45) is 13.3. The van der Waals surface area contributed by atoms with Gasteiger partial charge in [0.1, 0.15) is 0 Å². The minimum Gasteiger partial charge on any atom is -0.310 e. The van der Waals surface area contributed by atoms with Crippen molar-refractivity contribution in [3.8, 4) is 22.3 Å². The Balaban J connectivity index is 1.18. The maximum absolute atomic E-state index is 2.58. The van der Waals surface area contributed by atoms with E-state index >= 15 is 0 Å². The summed E-state index contributed by atoms with van der Waals surface area (Å²) < 4.78 is 0. The third-order valence-electron chi connectivity index (χ3n) is 12.8. The molecular formula is C50H51N. The van der Waals surface area contributed by atoms with Gasteiger partial charge < -0.3 is 4.90 Å². The smallest absolute Gasteiger partial charge is 0.0502 e. The van der Waals surface area contributed by atoms with Crippen LogP contribution in [0, 0.1) is 6.92 Å². The molecule has 1 nitrogen and oxygen atoms in total.